The van der Waals surface area contributed by atoms with E-state index in [4.69, 9.17) is 11.6 Å². The first-order valence-electron chi connectivity index (χ1n) is 6.78. The second kappa shape index (κ2) is 5.35. The Labute approximate surface area is 122 Å². The first-order chi connectivity index (χ1) is 9.68. The average molecular weight is 291 g/mol. The first kappa shape index (κ1) is 13.3. The molecule has 0 saturated carbocycles. The second-order valence-electron chi connectivity index (χ2n) is 5.15. The molecule has 1 heterocycles. The highest BCUT2D eigenvalue weighted by molar-refractivity contribution is 6.33. The van der Waals surface area contributed by atoms with Crippen molar-refractivity contribution in [2.45, 2.75) is 12.3 Å². The van der Waals surface area contributed by atoms with Gasteiger partial charge in [-0.3, -0.25) is 0 Å². The molecule has 1 aliphatic heterocycles. The standard InChI is InChI=1S/C16H16ClNO2/c17-15-11-6-7-18-9-13(10-4-2-1-3-5-10)12(11)8-14(19)16(15)20/h1-5,8,13,18-20H,6-7,9H2/p+1/t13-/m0/s1. The molecule has 4 heteroatoms. The first-order valence-corrected chi connectivity index (χ1v) is 7.16. The van der Waals surface area contributed by atoms with E-state index in [9.17, 15) is 10.2 Å². The van der Waals surface area contributed by atoms with Crippen LogP contribution in [0.5, 0.6) is 11.5 Å². The van der Waals surface area contributed by atoms with Gasteiger partial charge in [-0.15, -0.1) is 0 Å². The lowest BCUT2D eigenvalue weighted by Crippen LogP contribution is -2.85. The van der Waals surface area contributed by atoms with Crippen LogP contribution < -0.4 is 5.32 Å². The van der Waals surface area contributed by atoms with Gasteiger partial charge in [0.15, 0.2) is 11.5 Å². The number of benzene rings is 2. The number of nitrogens with two attached hydrogens (primary N) is 1. The highest BCUT2D eigenvalue weighted by Gasteiger charge is 2.26. The maximum atomic E-state index is 9.87. The van der Waals surface area contributed by atoms with Crippen molar-refractivity contribution in [3.63, 3.8) is 0 Å². The van der Waals surface area contributed by atoms with Crippen molar-refractivity contribution >= 4 is 11.6 Å². The minimum absolute atomic E-state index is 0.142. The predicted molar refractivity (Wildman–Crippen MR) is 78.4 cm³/mol. The van der Waals surface area contributed by atoms with Crippen LogP contribution in [0, 0.1) is 0 Å². The van der Waals surface area contributed by atoms with Gasteiger partial charge in [-0.05, 0) is 22.8 Å². The molecule has 1 atom stereocenters. The number of hydrogen-bond acceptors (Lipinski definition) is 2. The number of phenols is 2. The molecule has 0 radical (unpaired) electrons. The highest BCUT2D eigenvalue weighted by atomic mass is 35.5. The molecule has 4 N–H and O–H groups in total. The zero-order valence-corrected chi connectivity index (χ0v) is 11.8. The van der Waals surface area contributed by atoms with E-state index in [0.717, 1.165) is 30.6 Å². The Morgan fingerprint density at radius 3 is 2.65 bits per heavy atom. The van der Waals surface area contributed by atoms with Gasteiger partial charge in [0.25, 0.3) is 0 Å². The number of phenolic OH excluding ortho intramolecular Hbond substituents is 2. The Kier molecular flexibility index (Phi) is 3.55. The van der Waals surface area contributed by atoms with Gasteiger partial charge in [-0.1, -0.05) is 41.9 Å². The lowest BCUT2D eigenvalue weighted by molar-refractivity contribution is -0.654. The molecule has 0 spiro atoms. The Balaban J connectivity index is 2.17. The van der Waals surface area contributed by atoms with Crippen molar-refractivity contribution < 1.29 is 15.5 Å². The van der Waals surface area contributed by atoms with Crippen LogP contribution in [0.15, 0.2) is 36.4 Å². The average Bonchev–Trinajstić information content (AvgIpc) is 2.68. The molecule has 0 aliphatic carbocycles. The van der Waals surface area contributed by atoms with Crippen molar-refractivity contribution in [3.8, 4) is 11.5 Å². The van der Waals surface area contributed by atoms with Crippen LogP contribution in [0.1, 0.15) is 22.6 Å². The summed E-state index contributed by atoms with van der Waals surface area (Å²) in [5.74, 6) is -0.173. The summed E-state index contributed by atoms with van der Waals surface area (Å²) in [5, 5.41) is 22.2. The van der Waals surface area contributed by atoms with Gasteiger partial charge in [0.05, 0.1) is 24.0 Å². The van der Waals surface area contributed by atoms with Crippen LogP contribution in [0.3, 0.4) is 0 Å². The predicted octanol–water partition coefficient (Wildman–Crippen LogP) is 2.00. The third kappa shape index (κ3) is 2.23. The lowest BCUT2D eigenvalue weighted by Gasteiger charge is -2.18. The summed E-state index contributed by atoms with van der Waals surface area (Å²) in [6.45, 7) is 1.85. The Morgan fingerprint density at radius 1 is 1.15 bits per heavy atom. The summed E-state index contributed by atoms with van der Waals surface area (Å²) in [4.78, 5) is 0. The van der Waals surface area contributed by atoms with Gasteiger partial charge in [-0.25, -0.2) is 0 Å². The summed E-state index contributed by atoms with van der Waals surface area (Å²) in [6, 6.07) is 11.9. The minimum Gasteiger partial charge on any atom is -0.504 e. The second-order valence-corrected chi connectivity index (χ2v) is 5.53. The third-order valence-electron chi connectivity index (χ3n) is 3.93. The zero-order chi connectivity index (χ0) is 14.1. The van der Waals surface area contributed by atoms with Crippen LogP contribution in [-0.2, 0) is 6.42 Å². The van der Waals surface area contributed by atoms with E-state index in [1.54, 1.807) is 6.07 Å². The molecule has 2 aromatic carbocycles. The van der Waals surface area contributed by atoms with E-state index < -0.39 is 0 Å². The molecule has 1 aliphatic rings. The number of halogens is 1. The Bertz CT molecular complexity index is 628. The van der Waals surface area contributed by atoms with Crippen molar-refractivity contribution in [2.24, 2.45) is 0 Å². The van der Waals surface area contributed by atoms with Gasteiger partial charge in [0, 0.05) is 6.42 Å². The molecule has 0 unspecified atom stereocenters. The molecule has 0 amide bonds. The normalized spacial score (nSPS) is 18.4. The van der Waals surface area contributed by atoms with Crippen LogP contribution >= 0.6 is 11.6 Å². The molecular formula is C16H17ClNO2+. The van der Waals surface area contributed by atoms with Crippen molar-refractivity contribution in [1.29, 1.82) is 0 Å². The van der Waals surface area contributed by atoms with Crippen LogP contribution in [0.25, 0.3) is 0 Å². The van der Waals surface area contributed by atoms with E-state index in [2.05, 4.69) is 17.4 Å². The SMILES string of the molecule is Oc1cc2c(c(Cl)c1O)CC[NH2+]C[C@H]2c1ccccc1. The lowest BCUT2D eigenvalue weighted by atomic mass is 9.87. The van der Waals surface area contributed by atoms with E-state index >= 15 is 0 Å². The highest BCUT2D eigenvalue weighted by Crippen LogP contribution is 2.42. The number of aromatic hydroxyl groups is 2. The Morgan fingerprint density at radius 2 is 1.90 bits per heavy atom. The molecule has 0 saturated heterocycles. The fourth-order valence-corrected chi connectivity index (χ4v) is 3.21. The van der Waals surface area contributed by atoms with Crippen molar-refractivity contribution in [2.75, 3.05) is 13.1 Å². The largest absolute Gasteiger partial charge is 0.504 e. The van der Waals surface area contributed by atoms with Crippen LogP contribution in [0.2, 0.25) is 5.02 Å². The summed E-state index contributed by atoms with van der Waals surface area (Å²) in [6.07, 6.45) is 0.797. The molecule has 104 valence electrons. The monoisotopic (exact) mass is 290 g/mol. The van der Waals surface area contributed by atoms with E-state index in [1.165, 1.54) is 5.56 Å². The maximum Gasteiger partial charge on any atom is 0.176 e. The molecular weight excluding hydrogens is 274 g/mol. The molecule has 0 aromatic heterocycles. The molecule has 3 rings (SSSR count). The summed E-state index contributed by atoms with van der Waals surface area (Å²) < 4.78 is 0. The van der Waals surface area contributed by atoms with E-state index in [1.807, 2.05) is 18.2 Å². The molecule has 20 heavy (non-hydrogen) atoms. The quantitative estimate of drug-likeness (QED) is 0.704. The van der Waals surface area contributed by atoms with E-state index in [-0.39, 0.29) is 22.4 Å². The van der Waals surface area contributed by atoms with Gasteiger partial charge in [0.1, 0.15) is 0 Å². The van der Waals surface area contributed by atoms with Crippen LogP contribution in [0.4, 0.5) is 0 Å². The van der Waals surface area contributed by atoms with Crippen LogP contribution in [-0.4, -0.2) is 23.3 Å². The van der Waals surface area contributed by atoms with E-state index in [0.29, 0.717) is 0 Å². The third-order valence-corrected chi connectivity index (χ3v) is 4.34. The summed E-state index contributed by atoms with van der Waals surface area (Å²) >= 11 is 6.22. The fraction of sp³-hybridized carbons (Fsp3) is 0.250. The zero-order valence-electron chi connectivity index (χ0n) is 11.0. The van der Waals surface area contributed by atoms with Gasteiger partial charge >= 0.3 is 0 Å². The fourth-order valence-electron chi connectivity index (χ4n) is 2.91. The summed E-state index contributed by atoms with van der Waals surface area (Å²) in [5.41, 5.74) is 3.17. The molecule has 3 nitrogen and oxygen atoms in total. The number of fused-ring (bicyclic) bond motifs is 1. The Hall–Kier alpha value is -1.71. The smallest absolute Gasteiger partial charge is 0.176 e. The van der Waals surface area contributed by atoms with Gasteiger partial charge in [-0.2, -0.15) is 0 Å². The number of rotatable bonds is 1. The topological polar surface area (TPSA) is 57.1 Å². The minimum atomic E-state index is -0.209. The number of hydrogen-bond donors (Lipinski definition) is 3. The molecule has 0 fully saturated rings. The van der Waals surface area contributed by atoms with Crippen molar-refractivity contribution in [3.05, 3.63) is 58.1 Å². The van der Waals surface area contributed by atoms with Crippen molar-refractivity contribution in [1.82, 2.24) is 0 Å². The summed E-state index contributed by atoms with van der Waals surface area (Å²) in [7, 11) is 0. The number of quaternary nitrogens is 1. The van der Waals surface area contributed by atoms with Gasteiger partial charge < -0.3 is 15.5 Å². The molecule has 0 bridgehead atoms. The maximum absolute atomic E-state index is 9.87. The molecule has 2 aromatic rings. The van der Waals surface area contributed by atoms with Gasteiger partial charge in [0.2, 0.25) is 0 Å².